The maximum atomic E-state index is 12.1. The standard InChI is InChI=1S/C51H84O22/c1-20(19-65-45-39(60)38(59)35(56)30(17-52)69-45)9-14-51(64)21(2)32-29(73-51)16-28-26-8-7-24-15-25(10-12-49(24,5)27(26)11-13-50(28,32)6)68-48-44(72-47-41(62)37(58)34(55)23(4)67-47)42(63)43(31(18-53)70-48)71-46-40(61)36(57)33(54)22(3)66-46/h7,20-23,25-48,52-64H,8-19H2,1-6H3/t20-,21+,22+,23+,25+,26?,27?,28?,29?,30-,31-,32?,33+,34+,35-,36-,37-,38+,39-,40-,41-,42+,43?,44-,45-,46+,47+,48-,49?,50?,51-/m1/s1. The third-order valence-electron chi connectivity index (χ3n) is 19.5. The molecule has 5 saturated heterocycles. The van der Waals surface area contributed by atoms with E-state index in [0.29, 0.717) is 43.4 Å². The summed E-state index contributed by atoms with van der Waals surface area (Å²) in [5, 5.41) is 139. The molecule has 4 aliphatic carbocycles. The quantitative estimate of drug-likeness (QED) is 0.0839. The summed E-state index contributed by atoms with van der Waals surface area (Å²) in [6, 6.07) is 0. The van der Waals surface area contributed by atoms with Crippen LogP contribution in [-0.2, 0) is 42.6 Å². The zero-order valence-corrected chi connectivity index (χ0v) is 42.7. The van der Waals surface area contributed by atoms with Crippen LogP contribution >= 0.6 is 0 Å². The highest BCUT2D eigenvalue weighted by molar-refractivity contribution is 5.26. The molecule has 0 aromatic carbocycles. The molecular weight excluding hydrogens is 965 g/mol. The van der Waals surface area contributed by atoms with Gasteiger partial charge in [0.2, 0.25) is 0 Å². The maximum Gasteiger partial charge on any atom is 0.187 e. The number of ether oxygens (including phenoxy) is 9. The van der Waals surface area contributed by atoms with Crippen molar-refractivity contribution in [3.63, 3.8) is 0 Å². The van der Waals surface area contributed by atoms with Crippen molar-refractivity contribution in [1.82, 2.24) is 0 Å². The third-order valence-corrected chi connectivity index (χ3v) is 19.5. The predicted molar refractivity (Wildman–Crippen MR) is 249 cm³/mol. The van der Waals surface area contributed by atoms with Crippen LogP contribution in [0.5, 0.6) is 0 Å². The predicted octanol–water partition coefficient (Wildman–Crippen LogP) is -1.98. The fraction of sp³-hybridized carbons (Fsp3) is 0.961. The Bertz CT molecular complexity index is 1900. The van der Waals surface area contributed by atoms with Crippen LogP contribution in [0.2, 0.25) is 0 Å². The van der Waals surface area contributed by atoms with E-state index in [2.05, 4.69) is 26.8 Å². The van der Waals surface area contributed by atoms with Gasteiger partial charge in [-0.25, -0.2) is 0 Å². The maximum absolute atomic E-state index is 12.1. The van der Waals surface area contributed by atoms with Gasteiger partial charge in [-0.15, -0.1) is 0 Å². The molecule has 8 fully saturated rings. The molecule has 31 atom stereocenters. The summed E-state index contributed by atoms with van der Waals surface area (Å²) in [7, 11) is 0. The lowest BCUT2D eigenvalue weighted by atomic mass is 9.47. The Morgan fingerprint density at radius 3 is 1.86 bits per heavy atom. The first kappa shape index (κ1) is 56.6. The molecule has 9 rings (SSSR count). The van der Waals surface area contributed by atoms with Crippen LogP contribution in [0.15, 0.2) is 11.6 Å². The van der Waals surface area contributed by atoms with E-state index < -0.39 is 148 Å². The number of hydrogen-bond donors (Lipinski definition) is 13. The molecule has 420 valence electrons. The second-order valence-corrected chi connectivity index (χ2v) is 23.8. The summed E-state index contributed by atoms with van der Waals surface area (Å²) >= 11 is 0. The molecule has 8 unspecified atom stereocenters. The van der Waals surface area contributed by atoms with E-state index in [-0.39, 0.29) is 41.3 Å². The van der Waals surface area contributed by atoms with E-state index in [4.69, 9.17) is 42.6 Å². The van der Waals surface area contributed by atoms with Gasteiger partial charge in [0.05, 0.1) is 44.2 Å². The summed E-state index contributed by atoms with van der Waals surface area (Å²) in [6.07, 6.45) is -20.5. The minimum absolute atomic E-state index is 0.0589. The zero-order chi connectivity index (χ0) is 52.8. The summed E-state index contributed by atoms with van der Waals surface area (Å²) < 4.78 is 54.6. The molecule has 9 aliphatic rings. The number of rotatable bonds is 14. The van der Waals surface area contributed by atoms with Gasteiger partial charge in [-0.1, -0.05) is 39.3 Å². The first-order valence-corrected chi connectivity index (χ1v) is 26.8. The van der Waals surface area contributed by atoms with Gasteiger partial charge in [0.1, 0.15) is 85.5 Å². The smallest absolute Gasteiger partial charge is 0.187 e. The SMILES string of the molecule is C[C@H](CC[C@@]1(O)OC2CC3C4CC=C5C[C@@H](O[C@@H]6O[C@H](CO)C(O[C@@H]7O[C@@H](C)[C@H](O)[C@@H](O)[C@H]7O)[C@H](O)[C@H]6O[C@@H]6O[C@@H](C)[C@H](O)[C@@H](O)[C@H]6O)CCC5(C)C4CCC3(C)C2[C@@H]1C)CO[C@@H]1O[C@H](CO)[C@@H](O)[C@H](O)[C@H]1O. The van der Waals surface area contributed by atoms with Gasteiger partial charge >= 0.3 is 0 Å². The molecule has 5 aliphatic heterocycles. The molecule has 0 aromatic rings. The molecule has 0 aromatic heterocycles. The van der Waals surface area contributed by atoms with E-state index >= 15 is 0 Å². The van der Waals surface area contributed by atoms with Crippen molar-refractivity contribution in [1.29, 1.82) is 0 Å². The Balaban J connectivity index is 0.846. The number of aliphatic hydroxyl groups excluding tert-OH is 12. The Kier molecular flexibility index (Phi) is 16.9. The second kappa shape index (κ2) is 21.8. The van der Waals surface area contributed by atoms with E-state index in [0.717, 1.165) is 32.1 Å². The van der Waals surface area contributed by atoms with Crippen molar-refractivity contribution >= 4 is 0 Å². The van der Waals surface area contributed by atoms with Crippen molar-refractivity contribution in [2.75, 3.05) is 19.8 Å². The Morgan fingerprint density at radius 1 is 0.644 bits per heavy atom. The highest BCUT2D eigenvalue weighted by atomic mass is 16.8. The molecule has 22 nitrogen and oxygen atoms in total. The number of aliphatic hydroxyl groups is 13. The van der Waals surface area contributed by atoms with Crippen LogP contribution in [0, 0.1) is 46.3 Å². The molecule has 73 heavy (non-hydrogen) atoms. The Hall–Kier alpha value is -1.14. The normalized spacial score (nSPS) is 55.5. The van der Waals surface area contributed by atoms with E-state index in [1.54, 1.807) is 0 Å². The molecule has 0 radical (unpaired) electrons. The highest BCUT2D eigenvalue weighted by Gasteiger charge is 2.68. The fourth-order valence-electron chi connectivity index (χ4n) is 14.9. The fourth-order valence-corrected chi connectivity index (χ4v) is 14.9. The largest absolute Gasteiger partial charge is 0.394 e. The van der Waals surface area contributed by atoms with Crippen molar-refractivity contribution in [3.05, 3.63) is 11.6 Å². The number of fused-ring (bicyclic) bond motifs is 7. The average molecular weight is 1050 g/mol. The van der Waals surface area contributed by atoms with Crippen LogP contribution in [0.3, 0.4) is 0 Å². The van der Waals surface area contributed by atoms with E-state index in [1.807, 2.05) is 6.92 Å². The van der Waals surface area contributed by atoms with Gasteiger partial charge in [0, 0.05) is 12.3 Å². The molecule has 3 saturated carbocycles. The summed E-state index contributed by atoms with van der Waals surface area (Å²) in [5.74, 6) is -0.232. The van der Waals surface area contributed by atoms with Crippen LogP contribution < -0.4 is 0 Å². The minimum Gasteiger partial charge on any atom is -0.394 e. The molecule has 22 heteroatoms. The highest BCUT2D eigenvalue weighted by Crippen LogP contribution is 2.70. The van der Waals surface area contributed by atoms with Gasteiger partial charge < -0.3 is 109 Å². The van der Waals surface area contributed by atoms with E-state index in [1.165, 1.54) is 19.4 Å². The monoisotopic (exact) mass is 1050 g/mol. The van der Waals surface area contributed by atoms with Crippen molar-refractivity contribution in [2.24, 2.45) is 46.3 Å². The first-order valence-electron chi connectivity index (χ1n) is 26.8. The summed E-state index contributed by atoms with van der Waals surface area (Å²) in [5.41, 5.74) is 1.07. The minimum atomic E-state index is -1.75. The lowest BCUT2D eigenvalue weighted by Gasteiger charge is -2.58. The van der Waals surface area contributed by atoms with Gasteiger partial charge in [-0.2, -0.15) is 0 Å². The van der Waals surface area contributed by atoms with Gasteiger partial charge in [-0.05, 0) is 106 Å². The van der Waals surface area contributed by atoms with Gasteiger partial charge in [-0.3, -0.25) is 0 Å². The molecule has 5 heterocycles. The van der Waals surface area contributed by atoms with Crippen molar-refractivity contribution in [2.45, 2.75) is 240 Å². The molecular formula is C51H84O22. The number of hydrogen-bond acceptors (Lipinski definition) is 22. The van der Waals surface area contributed by atoms with Crippen LogP contribution in [0.4, 0.5) is 0 Å². The van der Waals surface area contributed by atoms with Crippen molar-refractivity contribution < 1.29 is 109 Å². The van der Waals surface area contributed by atoms with Gasteiger partial charge in [0.15, 0.2) is 30.9 Å². The first-order chi connectivity index (χ1) is 34.5. The molecule has 0 spiro atoms. The summed E-state index contributed by atoms with van der Waals surface area (Å²) in [4.78, 5) is 0. The molecule has 0 bridgehead atoms. The second-order valence-electron chi connectivity index (χ2n) is 23.8. The number of allylic oxidation sites excluding steroid dienone is 1. The van der Waals surface area contributed by atoms with Gasteiger partial charge in [0.25, 0.3) is 0 Å². The molecule has 0 amide bonds. The van der Waals surface area contributed by atoms with Crippen LogP contribution in [0.1, 0.15) is 99.3 Å². The third kappa shape index (κ3) is 10.2. The zero-order valence-electron chi connectivity index (χ0n) is 42.7. The topological polar surface area (TPSA) is 346 Å². The lowest BCUT2D eigenvalue weighted by molar-refractivity contribution is -0.388. The van der Waals surface area contributed by atoms with Crippen molar-refractivity contribution in [3.8, 4) is 0 Å². The average Bonchev–Trinajstić information content (AvgIpc) is 3.80. The molecule has 13 N–H and O–H groups in total. The van der Waals surface area contributed by atoms with Crippen LogP contribution in [0.25, 0.3) is 0 Å². The Labute approximate surface area is 426 Å². The van der Waals surface area contributed by atoms with Crippen LogP contribution in [-0.4, -0.2) is 227 Å². The summed E-state index contributed by atoms with van der Waals surface area (Å²) in [6.45, 7) is 10.7. The Morgan fingerprint density at radius 2 is 1.23 bits per heavy atom. The van der Waals surface area contributed by atoms with E-state index in [9.17, 15) is 66.4 Å². The lowest BCUT2D eigenvalue weighted by Crippen LogP contribution is -2.66.